The van der Waals surface area contributed by atoms with Crippen LogP contribution in [0.4, 0.5) is 60.5 Å². The molecule has 0 unspecified atom stereocenters. The average molecular weight is 729 g/mol. The van der Waals surface area contributed by atoms with E-state index in [0.29, 0.717) is 34.2 Å². The fourth-order valence-electron chi connectivity index (χ4n) is 5.35. The lowest BCUT2D eigenvalue weighted by molar-refractivity contribution is -0.288. The molecule has 0 saturated carbocycles. The molecule has 0 atom stereocenters. The SMILES string of the molecule is Nc1ccc(/N=N/c2ccc(Oc3ccc(C(c4ccc(Oc5ccc(NNc6ccc(N)cc6)cc5)cc4)(C(F)(F)F)C(F)(F)F)cc3)cc2)cc1. The lowest BCUT2D eigenvalue weighted by atomic mass is 9.73. The van der Waals surface area contributed by atoms with Gasteiger partial charge in [-0.05, 0) is 132 Å². The molecule has 0 fully saturated rings. The highest BCUT2D eigenvalue weighted by Gasteiger charge is 2.72. The molecule has 0 saturated heterocycles. The van der Waals surface area contributed by atoms with Gasteiger partial charge in [-0.3, -0.25) is 0 Å². The molecule has 0 radical (unpaired) electrons. The number of ether oxygens (including phenoxy) is 2. The second kappa shape index (κ2) is 14.9. The molecule has 14 heteroatoms. The number of nitrogens with zero attached hydrogens (tertiary/aromatic N) is 2. The van der Waals surface area contributed by atoms with E-state index in [1.165, 1.54) is 12.1 Å². The van der Waals surface area contributed by atoms with Crippen molar-refractivity contribution in [3.63, 3.8) is 0 Å². The molecule has 270 valence electrons. The fraction of sp³-hybridized carbons (Fsp3) is 0.0769. The molecule has 8 nitrogen and oxygen atoms in total. The molecule has 0 aliphatic carbocycles. The van der Waals surface area contributed by atoms with Gasteiger partial charge < -0.3 is 31.8 Å². The van der Waals surface area contributed by atoms with Crippen LogP contribution in [0.15, 0.2) is 156 Å². The number of hydrazine groups is 1. The van der Waals surface area contributed by atoms with Crippen LogP contribution in [0.1, 0.15) is 11.1 Å². The second-order valence-corrected chi connectivity index (χ2v) is 11.7. The van der Waals surface area contributed by atoms with E-state index in [9.17, 15) is 26.3 Å². The van der Waals surface area contributed by atoms with Gasteiger partial charge >= 0.3 is 12.4 Å². The van der Waals surface area contributed by atoms with Gasteiger partial charge in [-0.15, -0.1) is 0 Å². The first-order valence-electron chi connectivity index (χ1n) is 15.9. The first kappa shape index (κ1) is 36.1. The number of nitrogen functional groups attached to an aromatic ring is 2. The summed E-state index contributed by atoms with van der Waals surface area (Å²) in [6, 6.07) is 33.8. The smallest absolute Gasteiger partial charge is 0.411 e. The zero-order valence-electron chi connectivity index (χ0n) is 27.5. The van der Waals surface area contributed by atoms with Crippen LogP contribution >= 0.6 is 0 Å². The number of nitrogens with two attached hydrogens (primary N) is 2. The normalized spacial score (nSPS) is 12.0. The predicted octanol–water partition coefficient (Wildman–Crippen LogP) is 11.7. The molecule has 0 aromatic heterocycles. The van der Waals surface area contributed by atoms with Crippen molar-refractivity contribution in [3.05, 3.63) is 157 Å². The second-order valence-electron chi connectivity index (χ2n) is 11.7. The van der Waals surface area contributed by atoms with Gasteiger partial charge in [-0.25, -0.2) is 0 Å². The maximum Gasteiger partial charge on any atom is 0.411 e. The molecule has 6 rings (SSSR count). The number of rotatable bonds is 11. The Hall–Kier alpha value is -6.70. The van der Waals surface area contributed by atoms with Crippen LogP contribution in [-0.2, 0) is 5.41 Å². The topological polar surface area (TPSA) is 119 Å². The summed E-state index contributed by atoms with van der Waals surface area (Å²) >= 11 is 0. The maximum atomic E-state index is 14.8. The number of halogens is 6. The van der Waals surface area contributed by atoms with Crippen molar-refractivity contribution in [1.29, 1.82) is 0 Å². The van der Waals surface area contributed by atoms with Gasteiger partial charge in [-0.2, -0.15) is 36.6 Å². The summed E-state index contributed by atoms with van der Waals surface area (Å²) in [5, 5.41) is 8.22. The van der Waals surface area contributed by atoms with Crippen LogP contribution in [0.2, 0.25) is 0 Å². The fourth-order valence-corrected chi connectivity index (χ4v) is 5.35. The molecule has 6 N–H and O–H groups in total. The highest BCUT2D eigenvalue weighted by molar-refractivity contribution is 5.57. The molecule has 6 aromatic carbocycles. The Labute approximate surface area is 299 Å². The van der Waals surface area contributed by atoms with E-state index in [2.05, 4.69) is 21.1 Å². The Bertz CT molecular complexity index is 2120. The van der Waals surface area contributed by atoms with Gasteiger partial charge in [-0.1, -0.05) is 24.3 Å². The summed E-state index contributed by atoms with van der Waals surface area (Å²) in [5.74, 6) is 0.642. The Kier molecular flexibility index (Phi) is 10.1. The molecular formula is C39H30F6N6O2. The zero-order chi connectivity index (χ0) is 37.6. The van der Waals surface area contributed by atoms with E-state index < -0.39 is 28.9 Å². The largest absolute Gasteiger partial charge is 0.457 e. The third kappa shape index (κ3) is 8.28. The van der Waals surface area contributed by atoms with Crippen LogP contribution in [0.3, 0.4) is 0 Å². The molecular weight excluding hydrogens is 698 g/mol. The van der Waals surface area contributed by atoms with Crippen molar-refractivity contribution in [3.8, 4) is 23.0 Å². The van der Waals surface area contributed by atoms with Crippen LogP contribution < -0.4 is 31.8 Å². The number of azo groups is 1. The number of hydrogen-bond acceptors (Lipinski definition) is 8. The van der Waals surface area contributed by atoms with Gasteiger partial charge in [0.2, 0.25) is 5.41 Å². The van der Waals surface area contributed by atoms with Crippen molar-refractivity contribution in [2.24, 2.45) is 10.2 Å². The Morgan fingerprint density at radius 2 is 0.679 bits per heavy atom. The van der Waals surface area contributed by atoms with Crippen LogP contribution in [0.5, 0.6) is 23.0 Å². The predicted molar refractivity (Wildman–Crippen MR) is 192 cm³/mol. The third-order valence-electron chi connectivity index (χ3n) is 8.02. The minimum Gasteiger partial charge on any atom is -0.457 e. The monoisotopic (exact) mass is 728 g/mol. The highest BCUT2D eigenvalue weighted by atomic mass is 19.4. The average Bonchev–Trinajstić information content (AvgIpc) is 3.13. The number of nitrogens with one attached hydrogen (secondary N) is 2. The number of alkyl halides is 6. The summed E-state index contributed by atoms with van der Waals surface area (Å²) in [7, 11) is 0. The van der Waals surface area contributed by atoms with Crippen molar-refractivity contribution in [2.45, 2.75) is 17.8 Å². The number of anilines is 4. The summed E-state index contributed by atoms with van der Waals surface area (Å²) < 4.78 is 100. The first-order valence-corrected chi connectivity index (χ1v) is 15.9. The lowest BCUT2D eigenvalue weighted by Crippen LogP contribution is -2.54. The Morgan fingerprint density at radius 3 is 1.04 bits per heavy atom. The third-order valence-corrected chi connectivity index (χ3v) is 8.02. The molecule has 0 aliphatic heterocycles. The highest BCUT2D eigenvalue weighted by Crippen LogP contribution is 2.56. The molecule has 6 aromatic rings. The summed E-state index contributed by atoms with van der Waals surface area (Å²) in [6.45, 7) is 0. The summed E-state index contributed by atoms with van der Waals surface area (Å²) in [6.07, 6.45) is -11.5. The van der Waals surface area contributed by atoms with Crippen molar-refractivity contribution < 1.29 is 35.8 Å². The van der Waals surface area contributed by atoms with Gasteiger partial charge in [0.15, 0.2) is 0 Å². The van der Waals surface area contributed by atoms with E-state index in [-0.39, 0.29) is 17.2 Å². The van der Waals surface area contributed by atoms with Gasteiger partial charge in [0.25, 0.3) is 0 Å². The molecule has 0 heterocycles. The standard InChI is InChI=1S/C39H30F6N6O2/c40-38(41,42)37(39(43,44)45,25-1-17-33(18-2-25)52-35-21-13-31(14-22-35)50-48-29-9-5-27(46)6-10-29)26-3-19-34(20-4-26)53-36-23-15-32(16-24-36)51-49-30-11-7-28(47)8-12-30/h1-24,48,50H,46-47H2/b51-49+. The summed E-state index contributed by atoms with van der Waals surface area (Å²) in [5.41, 5.74) is 14.6. The van der Waals surface area contributed by atoms with E-state index in [1.807, 2.05) is 0 Å². The minimum atomic E-state index is -5.77. The van der Waals surface area contributed by atoms with E-state index in [1.54, 1.807) is 84.9 Å². The van der Waals surface area contributed by atoms with Crippen molar-refractivity contribution >= 4 is 34.1 Å². The zero-order valence-corrected chi connectivity index (χ0v) is 27.5. The lowest BCUT2D eigenvalue weighted by Gasteiger charge is -2.38. The van der Waals surface area contributed by atoms with Crippen molar-refractivity contribution in [2.75, 3.05) is 22.3 Å². The van der Waals surface area contributed by atoms with Crippen molar-refractivity contribution in [1.82, 2.24) is 0 Å². The first-order chi connectivity index (χ1) is 25.3. The van der Waals surface area contributed by atoms with Gasteiger partial charge in [0.1, 0.15) is 23.0 Å². The molecule has 0 amide bonds. The molecule has 0 bridgehead atoms. The van der Waals surface area contributed by atoms with E-state index >= 15 is 0 Å². The maximum absolute atomic E-state index is 14.8. The van der Waals surface area contributed by atoms with Crippen LogP contribution in [0, 0.1) is 0 Å². The van der Waals surface area contributed by atoms with E-state index in [4.69, 9.17) is 20.9 Å². The molecule has 0 spiro atoms. The molecule has 53 heavy (non-hydrogen) atoms. The minimum absolute atomic E-state index is 0.0225. The van der Waals surface area contributed by atoms with Crippen LogP contribution in [0.25, 0.3) is 0 Å². The van der Waals surface area contributed by atoms with Gasteiger partial charge in [0.05, 0.1) is 22.7 Å². The Balaban J connectivity index is 1.16. The summed E-state index contributed by atoms with van der Waals surface area (Å²) in [4.78, 5) is 0. The Morgan fingerprint density at radius 1 is 0.396 bits per heavy atom. The molecule has 0 aliphatic rings. The number of benzene rings is 6. The van der Waals surface area contributed by atoms with Gasteiger partial charge in [0, 0.05) is 11.4 Å². The van der Waals surface area contributed by atoms with Crippen LogP contribution in [-0.4, -0.2) is 12.4 Å². The quantitative estimate of drug-likeness (QED) is 0.0456. The van der Waals surface area contributed by atoms with E-state index in [0.717, 1.165) is 54.2 Å². The number of hydrogen-bond donors (Lipinski definition) is 4.